The van der Waals surface area contributed by atoms with Crippen LogP contribution in [0.5, 0.6) is 0 Å². The lowest BCUT2D eigenvalue weighted by Crippen LogP contribution is -2.18. The van der Waals surface area contributed by atoms with E-state index in [1.807, 2.05) is 24.3 Å². The van der Waals surface area contributed by atoms with Crippen LogP contribution in [0.4, 0.5) is 0 Å². The van der Waals surface area contributed by atoms with Crippen LogP contribution in [0.25, 0.3) is 0 Å². The molecule has 0 aliphatic rings. The first-order valence-electron chi connectivity index (χ1n) is 6.37. The number of benzene rings is 1. The maximum Gasteiger partial charge on any atom is 0.231 e. The number of rotatable bonds is 5. The van der Waals surface area contributed by atoms with E-state index in [1.54, 1.807) is 0 Å². The summed E-state index contributed by atoms with van der Waals surface area (Å²) in [4.78, 5) is 4.43. The van der Waals surface area contributed by atoms with Crippen LogP contribution in [0.3, 0.4) is 0 Å². The Morgan fingerprint density at radius 1 is 1.26 bits per heavy atom. The third-order valence-electron chi connectivity index (χ3n) is 3.14. The summed E-state index contributed by atoms with van der Waals surface area (Å²) < 4.78 is 5.31. The molecule has 0 fully saturated rings. The van der Waals surface area contributed by atoms with Crippen LogP contribution in [0.2, 0.25) is 5.02 Å². The molecule has 1 aromatic heterocycles. The minimum atomic E-state index is 0.117. The summed E-state index contributed by atoms with van der Waals surface area (Å²) in [7, 11) is 0. The van der Waals surface area contributed by atoms with Crippen LogP contribution in [0.1, 0.15) is 37.0 Å². The predicted octanol–water partition coefficient (Wildman–Crippen LogP) is 3.01. The number of hydrogen-bond acceptors (Lipinski definition) is 4. The molecule has 0 saturated heterocycles. The lowest BCUT2D eigenvalue weighted by atomic mass is 9.96. The normalized spacial score (nSPS) is 12.9. The number of aromatic nitrogens is 2. The summed E-state index contributed by atoms with van der Waals surface area (Å²) in [5, 5.41) is 4.73. The Morgan fingerprint density at radius 2 is 1.95 bits per heavy atom. The van der Waals surface area contributed by atoms with Crippen molar-refractivity contribution in [3.8, 4) is 0 Å². The Labute approximate surface area is 118 Å². The van der Waals surface area contributed by atoms with Gasteiger partial charge in [0.15, 0.2) is 5.82 Å². The summed E-state index contributed by atoms with van der Waals surface area (Å²) in [6, 6.07) is 7.63. The number of hydrogen-bond donors (Lipinski definition) is 1. The Morgan fingerprint density at radius 3 is 2.53 bits per heavy atom. The van der Waals surface area contributed by atoms with Gasteiger partial charge < -0.3 is 10.3 Å². The average molecular weight is 280 g/mol. The lowest BCUT2D eigenvalue weighted by Gasteiger charge is -2.13. The first-order chi connectivity index (χ1) is 9.10. The topological polar surface area (TPSA) is 64.9 Å². The maximum atomic E-state index is 5.85. The number of nitrogens with zero attached hydrogens (tertiary/aromatic N) is 2. The maximum absolute atomic E-state index is 5.85. The smallest absolute Gasteiger partial charge is 0.231 e. The van der Waals surface area contributed by atoms with Crippen molar-refractivity contribution in [3.05, 3.63) is 46.6 Å². The van der Waals surface area contributed by atoms with Gasteiger partial charge in [0.05, 0.1) is 5.92 Å². The highest BCUT2D eigenvalue weighted by atomic mass is 35.5. The van der Waals surface area contributed by atoms with E-state index in [0.717, 1.165) is 10.6 Å². The van der Waals surface area contributed by atoms with Gasteiger partial charge in [-0.2, -0.15) is 4.98 Å². The molecule has 0 saturated carbocycles. The van der Waals surface area contributed by atoms with Crippen LogP contribution in [-0.2, 0) is 6.42 Å². The van der Waals surface area contributed by atoms with Crippen molar-refractivity contribution >= 4 is 11.6 Å². The van der Waals surface area contributed by atoms with Gasteiger partial charge in [0.2, 0.25) is 5.89 Å². The summed E-state index contributed by atoms with van der Waals surface area (Å²) >= 11 is 5.85. The van der Waals surface area contributed by atoms with Gasteiger partial charge in [-0.25, -0.2) is 0 Å². The van der Waals surface area contributed by atoms with Crippen molar-refractivity contribution in [2.24, 2.45) is 11.7 Å². The quantitative estimate of drug-likeness (QED) is 0.914. The molecule has 2 rings (SSSR count). The number of nitrogens with two attached hydrogens (primary N) is 1. The molecule has 0 spiro atoms. The van der Waals surface area contributed by atoms with Gasteiger partial charge in [-0.05, 0) is 23.6 Å². The lowest BCUT2D eigenvalue weighted by molar-refractivity contribution is 0.322. The molecule has 5 heteroatoms. The molecular formula is C14H18ClN3O. The van der Waals surface area contributed by atoms with E-state index >= 15 is 0 Å². The molecule has 0 bridgehead atoms. The van der Waals surface area contributed by atoms with E-state index in [0.29, 0.717) is 30.6 Å². The van der Waals surface area contributed by atoms with Gasteiger partial charge in [-0.15, -0.1) is 0 Å². The molecule has 1 aromatic carbocycles. The van der Waals surface area contributed by atoms with Crippen LogP contribution in [-0.4, -0.2) is 16.7 Å². The summed E-state index contributed by atoms with van der Waals surface area (Å²) in [5.74, 6) is 1.80. The molecule has 4 nitrogen and oxygen atoms in total. The van der Waals surface area contributed by atoms with Gasteiger partial charge in [-0.1, -0.05) is 42.7 Å². The molecule has 2 N–H and O–H groups in total. The Kier molecular flexibility index (Phi) is 4.56. The van der Waals surface area contributed by atoms with Crippen molar-refractivity contribution in [2.45, 2.75) is 26.2 Å². The van der Waals surface area contributed by atoms with Crippen molar-refractivity contribution in [1.82, 2.24) is 10.1 Å². The molecule has 1 heterocycles. The van der Waals surface area contributed by atoms with E-state index in [2.05, 4.69) is 24.0 Å². The molecular weight excluding hydrogens is 262 g/mol. The minimum Gasteiger partial charge on any atom is -0.339 e. The van der Waals surface area contributed by atoms with Crippen LogP contribution < -0.4 is 5.73 Å². The van der Waals surface area contributed by atoms with E-state index in [-0.39, 0.29) is 5.92 Å². The summed E-state index contributed by atoms with van der Waals surface area (Å²) in [6.07, 6.45) is 0.635. The van der Waals surface area contributed by atoms with E-state index < -0.39 is 0 Å². The molecule has 102 valence electrons. The van der Waals surface area contributed by atoms with Gasteiger partial charge in [-0.3, -0.25) is 0 Å². The monoisotopic (exact) mass is 279 g/mol. The second-order valence-electron chi connectivity index (χ2n) is 4.94. The molecule has 0 aliphatic heterocycles. The Hall–Kier alpha value is -1.39. The van der Waals surface area contributed by atoms with Crippen LogP contribution >= 0.6 is 11.6 Å². The van der Waals surface area contributed by atoms with E-state index in [9.17, 15) is 0 Å². The van der Waals surface area contributed by atoms with Crippen LogP contribution in [0.15, 0.2) is 28.8 Å². The fourth-order valence-electron chi connectivity index (χ4n) is 1.93. The second-order valence-corrected chi connectivity index (χ2v) is 5.37. The molecule has 2 aromatic rings. The molecule has 1 atom stereocenters. The third kappa shape index (κ3) is 3.55. The van der Waals surface area contributed by atoms with Gasteiger partial charge in [0.25, 0.3) is 0 Å². The highest BCUT2D eigenvalue weighted by Crippen LogP contribution is 2.22. The summed E-state index contributed by atoms with van der Waals surface area (Å²) in [6.45, 7) is 4.71. The minimum absolute atomic E-state index is 0.117. The Balaban J connectivity index is 2.10. The zero-order chi connectivity index (χ0) is 13.8. The summed E-state index contributed by atoms with van der Waals surface area (Å²) in [5.41, 5.74) is 6.84. The molecule has 0 radical (unpaired) electrons. The van der Waals surface area contributed by atoms with Crippen molar-refractivity contribution in [1.29, 1.82) is 0 Å². The number of halogens is 1. The van der Waals surface area contributed by atoms with Gasteiger partial charge in [0.1, 0.15) is 0 Å². The molecule has 0 amide bonds. The highest BCUT2D eigenvalue weighted by Gasteiger charge is 2.20. The van der Waals surface area contributed by atoms with Gasteiger partial charge in [0, 0.05) is 18.0 Å². The standard InChI is InChI=1S/C14H18ClN3O/c1-9(2)12(8-16)14-17-13(18-19-14)7-10-3-5-11(15)6-4-10/h3-6,9,12H,7-8,16H2,1-2H3. The van der Waals surface area contributed by atoms with Crippen molar-refractivity contribution < 1.29 is 4.52 Å². The first kappa shape index (κ1) is 14.0. The zero-order valence-electron chi connectivity index (χ0n) is 11.1. The van der Waals surface area contributed by atoms with Crippen molar-refractivity contribution in [3.63, 3.8) is 0 Å². The molecule has 1 unspecified atom stereocenters. The van der Waals surface area contributed by atoms with E-state index in [1.165, 1.54) is 0 Å². The zero-order valence-corrected chi connectivity index (χ0v) is 11.9. The molecule has 0 aliphatic carbocycles. The Bertz CT molecular complexity index is 522. The largest absolute Gasteiger partial charge is 0.339 e. The first-order valence-corrected chi connectivity index (χ1v) is 6.75. The SMILES string of the molecule is CC(C)C(CN)c1nc(Cc2ccc(Cl)cc2)no1. The van der Waals surface area contributed by atoms with Gasteiger partial charge >= 0.3 is 0 Å². The highest BCUT2D eigenvalue weighted by molar-refractivity contribution is 6.30. The fraction of sp³-hybridized carbons (Fsp3) is 0.429. The third-order valence-corrected chi connectivity index (χ3v) is 3.39. The fourth-order valence-corrected chi connectivity index (χ4v) is 2.06. The van der Waals surface area contributed by atoms with E-state index in [4.69, 9.17) is 21.9 Å². The molecule has 19 heavy (non-hydrogen) atoms. The van der Waals surface area contributed by atoms with Crippen LogP contribution in [0, 0.1) is 5.92 Å². The predicted molar refractivity (Wildman–Crippen MR) is 75.2 cm³/mol. The average Bonchev–Trinajstić information content (AvgIpc) is 2.81. The van der Waals surface area contributed by atoms with Crippen molar-refractivity contribution in [2.75, 3.05) is 6.54 Å². The second kappa shape index (κ2) is 6.17.